The van der Waals surface area contributed by atoms with Crippen LogP contribution in [0.15, 0.2) is 12.3 Å². The molecule has 0 radical (unpaired) electrons. The van der Waals surface area contributed by atoms with E-state index in [4.69, 9.17) is 10.2 Å². The Kier molecular flexibility index (Phi) is 2.14. The van der Waals surface area contributed by atoms with Crippen molar-refractivity contribution >= 4 is 11.9 Å². The number of hydrogen-bond donors (Lipinski definition) is 2. The number of fused-ring (bicyclic) bond motifs is 2. The summed E-state index contributed by atoms with van der Waals surface area (Å²) in [5.41, 5.74) is 0. The number of aliphatic hydroxyl groups excluding tert-OH is 2. The maximum atomic E-state index is 11.1. The monoisotopic (exact) mass is 214 g/mol. The predicted molar refractivity (Wildman–Crippen MR) is 41.5 cm³/mol. The van der Waals surface area contributed by atoms with Gasteiger partial charge in [0.05, 0.1) is 6.20 Å². The molecular formula is C7H6N2O6. The molecule has 2 rings (SSSR count). The topological polar surface area (TPSA) is 111 Å². The van der Waals surface area contributed by atoms with Crippen LogP contribution in [0.3, 0.4) is 0 Å². The molecule has 2 N–H and O–H groups in total. The number of carbonyl (C=O) groups excluding carboxylic acids is 2. The lowest BCUT2D eigenvalue weighted by Crippen LogP contribution is -2.44. The third kappa shape index (κ3) is 1.67. The van der Waals surface area contributed by atoms with Crippen LogP contribution in [0, 0.1) is 0 Å². The summed E-state index contributed by atoms with van der Waals surface area (Å²) in [6.07, 6.45) is -2.78. The summed E-state index contributed by atoms with van der Waals surface area (Å²) in [7, 11) is 0. The second-order valence-electron chi connectivity index (χ2n) is 2.78. The molecule has 0 fully saturated rings. The van der Waals surface area contributed by atoms with E-state index in [0.717, 1.165) is 0 Å². The van der Waals surface area contributed by atoms with E-state index < -0.39 is 24.1 Å². The van der Waals surface area contributed by atoms with Gasteiger partial charge in [-0.1, -0.05) is 9.94 Å². The lowest BCUT2D eigenvalue weighted by atomic mass is 10.2. The molecule has 80 valence electrons. The Morgan fingerprint density at radius 1 is 1.27 bits per heavy atom. The fourth-order valence-electron chi connectivity index (χ4n) is 0.964. The molecule has 0 spiro atoms. The van der Waals surface area contributed by atoms with E-state index in [1.807, 2.05) is 0 Å². The number of rotatable bonds is 0. The van der Waals surface area contributed by atoms with Crippen molar-refractivity contribution in [1.29, 1.82) is 0 Å². The maximum Gasteiger partial charge on any atom is 0.366 e. The summed E-state index contributed by atoms with van der Waals surface area (Å²) in [5, 5.41) is 21.8. The van der Waals surface area contributed by atoms with E-state index in [2.05, 4.69) is 14.7 Å². The van der Waals surface area contributed by atoms with Gasteiger partial charge in [0.15, 0.2) is 12.2 Å². The van der Waals surface area contributed by atoms with Gasteiger partial charge in [-0.05, 0) is 0 Å². The third-order valence-corrected chi connectivity index (χ3v) is 1.71. The molecule has 0 aliphatic carbocycles. The van der Waals surface area contributed by atoms with Crippen molar-refractivity contribution in [2.45, 2.75) is 12.2 Å². The molecule has 0 saturated carbocycles. The zero-order chi connectivity index (χ0) is 11.0. The van der Waals surface area contributed by atoms with Crippen molar-refractivity contribution in [2.75, 3.05) is 0 Å². The van der Waals surface area contributed by atoms with Crippen LogP contribution < -0.4 is 9.57 Å². The first-order valence-corrected chi connectivity index (χ1v) is 3.93. The van der Waals surface area contributed by atoms with E-state index in [9.17, 15) is 9.59 Å². The van der Waals surface area contributed by atoms with Crippen molar-refractivity contribution in [1.82, 2.24) is 9.94 Å². The largest absolute Gasteiger partial charge is 0.404 e. The molecule has 1 aliphatic heterocycles. The Balaban J connectivity index is 2.35. The van der Waals surface area contributed by atoms with E-state index in [1.165, 1.54) is 12.3 Å². The lowest BCUT2D eigenvalue weighted by Gasteiger charge is -2.12. The normalized spacial score (nSPS) is 26.0. The van der Waals surface area contributed by atoms with E-state index in [1.54, 1.807) is 0 Å². The van der Waals surface area contributed by atoms with Crippen LogP contribution in [-0.4, -0.2) is 44.3 Å². The average molecular weight is 214 g/mol. The highest BCUT2D eigenvalue weighted by Gasteiger charge is 2.35. The molecule has 2 unspecified atom stereocenters. The quantitative estimate of drug-likeness (QED) is 0.458. The third-order valence-electron chi connectivity index (χ3n) is 1.71. The van der Waals surface area contributed by atoms with Gasteiger partial charge in [-0.25, -0.2) is 9.59 Å². The van der Waals surface area contributed by atoms with Crippen LogP contribution in [0.5, 0.6) is 5.88 Å². The Morgan fingerprint density at radius 3 is 2.67 bits per heavy atom. The molecule has 8 nitrogen and oxygen atoms in total. The zero-order valence-corrected chi connectivity index (χ0v) is 7.23. The number of aliphatic hydroxyl groups is 2. The molecule has 1 aliphatic rings. The summed E-state index contributed by atoms with van der Waals surface area (Å²) in [4.78, 5) is 27.4. The second-order valence-corrected chi connectivity index (χ2v) is 2.78. The van der Waals surface area contributed by atoms with Gasteiger partial charge in [0.25, 0.3) is 0 Å². The van der Waals surface area contributed by atoms with Crippen molar-refractivity contribution in [3.63, 3.8) is 0 Å². The molecule has 0 amide bonds. The molecule has 2 heterocycles. The number of carbonyl (C=O) groups is 2. The number of hydrogen-bond acceptors (Lipinski definition) is 7. The Hall–Kier alpha value is -1.93. The van der Waals surface area contributed by atoms with E-state index in [-0.39, 0.29) is 5.88 Å². The van der Waals surface area contributed by atoms with E-state index >= 15 is 0 Å². The van der Waals surface area contributed by atoms with Crippen molar-refractivity contribution in [3.05, 3.63) is 12.3 Å². The van der Waals surface area contributed by atoms with E-state index in [0.29, 0.717) is 4.85 Å². The summed E-state index contributed by atoms with van der Waals surface area (Å²) in [5.74, 6) is -2.51. The molecule has 8 heteroatoms. The highest BCUT2D eigenvalue weighted by atomic mass is 16.7. The first-order chi connectivity index (χ1) is 7.08. The van der Waals surface area contributed by atoms with Crippen molar-refractivity contribution < 1.29 is 29.4 Å². The van der Waals surface area contributed by atoms with Crippen LogP contribution in [0.25, 0.3) is 0 Å². The molecule has 1 aromatic heterocycles. The number of nitrogens with zero attached hydrogens (tertiary/aromatic N) is 2. The number of aromatic nitrogens is 2. The molecule has 0 saturated heterocycles. The minimum absolute atomic E-state index is 0.138. The minimum atomic E-state index is -2.00. The molecular weight excluding hydrogens is 208 g/mol. The molecule has 2 atom stereocenters. The fourth-order valence-corrected chi connectivity index (χ4v) is 0.964. The van der Waals surface area contributed by atoms with Gasteiger partial charge in [-0.3, -0.25) is 0 Å². The van der Waals surface area contributed by atoms with Crippen molar-refractivity contribution in [2.24, 2.45) is 0 Å². The highest BCUT2D eigenvalue weighted by molar-refractivity contribution is 5.86. The molecule has 0 aromatic carbocycles. The van der Waals surface area contributed by atoms with Gasteiger partial charge < -0.3 is 19.8 Å². The Morgan fingerprint density at radius 2 is 1.93 bits per heavy atom. The Bertz CT molecular complexity index is 377. The second kappa shape index (κ2) is 3.33. The van der Waals surface area contributed by atoms with Crippen LogP contribution in [0.1, 0.15) is 0 Å². The predicted octanol–water partition coefficient (Wildman–Crippen LogP) is -2.52. The van der Waals surface area contributed by atoms with Gasteiger partial charge in [0.2, 0.25) is 5.88 Å². The maximum absolute atomic E-state index is 11.1. The van der Waals surface area contributed by atoms with Crippen LogP contribution in [0.4, 0.5) is 0 Å². The van der Waals surface area contributed by atoms with Crippen LogP contribution in [-0.2, 0) is 9.59 Å². The number of esters is 1. The van der Waals surface area contributed by atoms with Gasteiger partial charge in [0.1, 0.15) is 0 Å². The summed E-state index contributed by atoms with van der Waals surface area (Å²) in [6, 6.07) is 1.26. The first-order valence-electron chi connectivity index (χ1n) is 3.93. The fraction of sp³-hybridized carbons (Fsp3) is 0.286. The van der Waals surface area contributed by atoms with Crippen molar-refractivity contribution in [3.8, 4) is 5.88 Å². The summed E-state index contributed by atoms with van der Waals surface area (Å²) >= 11 is 0. The lowest BCUT2D eigenvalue weighted by molar-refractivity contribution is -0.168. The van der Waals surface area contributed by atoms with Gasteiger partial charge in [-0.2, -0.15) is 0 Å². The van der Waals surface area contributed by atoms with Gasteiger partial charge in [-0.15, -0.1) is 0 Å². The standard InChI is InChI=1S/C7H6N2O6/c10-4-5(11)7(13)15-9-2-1-3(8-9)14-6(4)12/h1-2,4-5,10-11H. The van der Waals surface area contributed by atoms with Gasteiger partial charge in [0, 0.05) is 6.07 Å². The summed E-state index contributed by atoms with van der Waals surface area (Å²) < 4.78 is 4.53. The Labute approximate surface area is 82.6 Å². The molecule has 1 aromatic rings. The minimum Gasteiger partial charge on any atom is -0.404 e. The smallest absolute Gasteiger partial charge is 0.366 e. The first kappa shape index (κ1) is 9.62. The number of ether oxygens (including phenoxy) is 1. The average Bonchev–Trinajstić information content (AvgIpc) is 2.62. The zero-order valence-electron chi connectivity index (χ0n) is 7.23. The molecule has 15 heavy (non-hydrogen) atoms. The highest BCUT2D eigenvalue weighted by Crippen LogP contribution is 2.09. The summed E-state index contributed by atoms with van der Waals surface area (Å²) in [6.45, 7) is 0. The molecule has 2 bridgehead atoms. The van der Waals surface area contributed by atoms with Gasteiger partial charge >= 0.3 is 11.9 Å². The van der Waals surface area contributed by atoms with Crippen LogP contribution >= 0.6 is 0 Å². The van der Waals surface area contributed by atoms with Crippen LogP contribution in [0.2, 0.25) is 0 Å². The SMILES string of the molecule is O=C1Oc2ccn(n2)OC(=O)C(O)C1O.